The van der Waals surface area contributed by atoms with Crippen molar-refractivity contribution in [3.05, 3.63) is 30.5 Å². The second-order valence-corrected chi connectivity index (χ2v) is 9.08. The molecular formula is C23H30N4O4. The van der Waals surface area contributed by atoms with Gasteiger partial charge in [-0.15, -0.1) is 0 Å². The number of hydrogen-bond acceptors (Lipinski definition) is 6. The second kappa shape index (κ2) is 8.61. The molecule has 1 unspecified atom stereocenters. The van der Waals surface area contributed by atoms with Gasteiger partial charge < -0.3 is 24.2 Å². The summed E-state index contributed by atoms with van der Waals surface area (Å²) >= 11 is 0. The van der Waals surface area contributed by atoms with Crippen molar-refractivity contribution >= 4 is 17.1 Å². The number of ether oxygens (including phenoxy) is 2. The molecule has 1 aromatic carbocycles. The molecule has 1 fully saturated rings. The van der Waals surface area contributed by atoms with Crippen molar-refractivity contribution in [3.8, 4) is 17.1 Å². The molecule has 31 heavy (non-hydrogen) atoms. The molecule has 2 heterocycles. The van der Waals surface area contributed by atoms with E-state index in [-0.39, 0.29) is 6.04 Å². The first-order valence-electron chi connectivity index (χ1n) is 10.8. The van der Waals surface area contributed by atoms with E-state index >= 15 is 0 Å². The molecule has 1 amide bonds. The number of H-pyrrole nitrogens is 1. The third-order valence-electron chi connectivity index (χ3n) is 5.61. The molecular weight excluding hydrogens is 396 g/mol. The molecule has 1 aliphatic carbocycles. The summed E-state index contributed by atoms with van der Waals surface area (Å²) in [6.07, 6.45) is 8.24. The van der Waals surface area contributed by atoms with Crippen LogP contribution < -0.4 is 10.1 Å². The van der Waals surface area contributed by atoms with Gasteiger partial charge in [-0.2, -0.15) is 0 Å². The standard InChI is InChI=1S/C23H30N4O4/c1-23(2,3)31-22(28)27-20(14-8-6-5-7-9-14)21-25-16-10-15(19-12-24-13-30-19)18(29-4)11-17(16)26-21/h10-14,20H,5-9H2,1-4H3,(H,25,26)(H,27,28). The van der Waals surface area contributed by atoms with Gasteiger partial charge in [-0.25, -0.2) is 14.8 Å². The van der Waals surface area contributed by atoms with E-state index < -0.39 is 11.7 Å². The fourth-order valence-corrected chi connectivity index (χ4v) is 4.23. The molecule has 1 aliphatic rings. The highest BCUT2D eigenvalue weighted by Crippen LogP contribution is 2.37. The Morgan fingerprint density at radius 2 is 2.03 bits per heavy atom. The van der Waals surface area contributed by atoms with E-state index in [0.717, 1.165) is 48.1 Å². The lowest BCUT2D eigenvalue weighted by Crippen LogP contribution is -2.38. The van der Waals surface area contributed by atoms with E-state index in [1.165, 1.54) is 12.8 Å². The van der Waals surface area contributed by atoms with Crippen molar-refractivity contribution in [1.82, 2.24) is 20.3 Å². The Kier molecular flexibility index (Phi) is 5.89. The molecule has 1 atom stereocenters. The van der Waals surface area contributed by atoms with Crippen molar-refractivity contribution in [2.24, 2.45) is 5.92 Å². The van der Waals surface area contributed by atoms with Crippen LogP contribution in [0.25, 0.3) is 22.4 Å². The monoisotopic (exact) mass is 426 g/mol. The number of nitrogens with zero attached hydrogens (tertiary/aromatic N) is 2. The van der Waals surface area contributed by atoms with Gasteiger partial charge in [0.05, 0.1) is 35.9 Å². The highest BCUT2D eigenvalue weighted by atomic mass is 16.6. The first-order chi connectivity index (χ1) is 14.8. The minimum Gasteiger partial charge on any atom is -0.496 e. The van der Waals surface area contributed by atoms with Crippen molar-refractivity contribution in [2.75, 3.05) is 7.11 Å². The minimum atomic E-state index is -0.561. The lowest BCUT2D eigenvalue weighted by molar-refractivity contribution is 0.0472. The van der Waals surface area contributed by atoms with Crippen LogP contribution in [-0.2, 0) is 4.74 Å². The van der Waals surface area contributed by atoms with Gasteiger partial charge in [0, 0.05) is 6.07 Å². The van der Waals surface area contributed by atoms with E-state index in [1.807, 2.05) is 32.9 Å². The van der Waals surface area contributed by atoms with E-state index in [1.54, 1.807) is 13.3 Å². The topological polar surface area (TPSA) is 102 Å². The maximum atomic E-state index is 12.6. The van der Waals surface area contributed by atoms with Gasteiger partial charge in [0.2, 0.25) is 0 Å². The SMILES string of the molecule is COc1cc2nc(C(NC(=O)OC(C)(C)C)C3CCCCC3)[nH]c2cc1-c1cnco1. The summed E-state index contributed by atoms with van der Waals surface area (Å²) in [5.74, 6) is 2.30. The van der Waals surface area contributed by atoms with Crippen LogP contribution in [0.5, 0.6) is 5.75 Å². The minimum absolute atomic E-state index is 0.248. The van der Waals surface area contributed by atoms with Gasteiger partial charge in [-0.1, -0.05) is 19.3 Å². The van der Waals surface area contributed by atoms with Gasteiger partial charge in [0.25, 0.3) is 0 Å². The average molecular weight is 427 g/mol. The number of nitrogens with one attached hydrogen (secondary N) is 2. The number of hydrogen-bond donors (Lipinski definition) is 2. The number of aromatic nitrogens is 3. The third kappa shape index (κ3) is 4.84. The quantitative estimate of drug-likeness (QED) is 0.568. The van der Waals surface area contributed by atoms with Crippen LogP contribution in [0.4, 0.5) is 4.79 Å². The van der Waals surface area contributed by atoms with Crippen LogP contribution in [0.1, 0.15) is 64.7 Å². The summed E-state index contributed by atoms with van der Waals surface area (Å²) in [4.78, 5) is 24.8. The third-order valence-corrected chi connectivity index (χ3v) is 5.61. The molecule has 0 aliphatic heterocycles. The Morgan fingerprint density at radius 3 is 2.68 bits per heavy atom. The van der Waals surface area contributed by atoms with Crippen LogP contribution in [0.15, 0.2) is 29.1 Å². The fraction of sp³-hybridized carbons (Fsp3) is 0.522. The number of fused-ring (bicyclic) bond motifs is 1. The van der Waals surface area contributed by atoms with Gasteiger partial charge in [-0.3, -0.25) is 0 Å². The zero-order chi connectivity index (χ0) is 22.0. The maximum Gasteiger partial charge on any atom is 0.408 e. The Labute approximate surface area is 181 Å². The van der Waals surface area contributed by atoms with Gasteiger partial charge >= 0.3 is 6.09 Å². The van der Waals surface area contributed by atoms with Crippen LogP contribution in [0.2, 0.25) is 0 Å². The number of imidazole rings is 1. The average Bonchev–Trinajstić information content (AvgIpc) is 3.39. The molecule has 0 spiro atoms. The summed E-state index contributed by atoms with van der Waals surface area (Å²) in [6.45, 7) is 5.59. The van der Waals surface area contributed by atoms with Crippen LogP contribution in [0.3, 0.4) is 0 Å². The lowest BCUT2D eigenvalue weighted by atomic mass is 9.83. The zero-order valence-corrected chi connectivity index (χ0v) is 18.5. The number of amides is 1. The summed E-state index contributed by atoms with van der Waals surface area (Å²) in [7, 11) is 1.61. The first kappa shape index (κ1) is 21.2. The van der Waals surface area contributed by atoms with Crippen LogP contribution >= 0.6 is 0 Å². The molecule has 2 N–H and O–H groups in total. The van der Waals surface area contributed by atoms with E-state index in [2.05, 4.69) is 15.3 Å². The number of carbonyl (C=O) groups excluding carboxylic acids is 1. The van der Waals surface area contributed by atoms with Crippen LogP contribution in [-0.4, -0.2) is 33.8 Å². The number of oxazole rings is 1. The fourth-order valence-electron chi connectivity index (χ4n) is 4.23. The van der Waals surface area contributed by atoms with E-state index in [9.17, 15) is 4.79 Å². The molecule has 8 heteroatoms. The Balaban J connectivity index is 1.70. The highest BCUT2D eigenvalue weighted by Gasteiger charge is 2.31. The summed E-state index contributed by atoms with van der Waals surface area (Å²) in [6, 6.07) is 3.57. The first-order valence-corrected chi connectivity index (χ1v) is 10.8. The lowest BCUT2D eigenvalue weighted by Gasteiger charge is -2.30. The molecule has 0 radical (unpaired) electrons. The number of carbonyl (C=O) groups is 1. The number of rotatable bonds is 5. The van der Waals surface area contributed by atoms with Gasteiger partial charge in [-0.05, 0) is 45.6 Å². The van der Waals surface area contributed by atoms with Gasteiger partial charge in [0.15, 0.2) is 12.2 Å². The predicted molar refractivity (Wildman–Crippen MR) is 117 cm³/mol. The Morgan fingerprint density at radius 1 is 1.26 bits per heavy atom. The molecule has 1 saturated carbocycles. The normalized spacial score (nSPS) is 16.3. The largest absolute Gasteiger partial charge is 0.496 e. The number of methoxy groups -OCH3 is 1. The molecule has 3 aromatic rings. The van der Waals surface area contributed by atoms with E-state index in [0.29, 0.717) is 17.4 Å². The molecule has 0 saturated heterocycles. The zero-order valence-electron chi connectivity index (χ0n) is 18.5. The van der Waals surface area contributed by atoms with Crippen molar-refractivity contribution < 1.29 is 18.7 Å². The maximum absolute atomic E-state index is 12.6. The van der Waals surface area contributed by atoms with Crippen molar-refractivity contribution in [1.29, 1.82) is 0 Å². The molecule has 8 nitrogen and oxygen atoms in total. The summed E-state index contributed by atoms with van der Waals surface area (Å²) < 4.78 is 16.5. The number of alkyl carbamates (subject to hydrolysis) is 1. The molecule has 4 rings (SSSR count). The number of aromatic amines is 1. The van der Waals surface area contributed by atoms with Crippen molar-refractivity contribution in [2.45, 2.75) is 64.5 Å². The predicted octanol–water partition coefficient (Wildman–Crippen LogP) is 5.37. The van der Waals surface area contributed by atoms with Gasteiger partial charge in [0.1, 0.15) is 17.2 Å². The Hall–Kier alpha value is -3.03. The molecule has 0 bridgehead atoms. The smallest absolute Gasteiger partial charge is 0.408 e. The molecule has 166 valence electrons. The number of benzene rings is 1. The van der Waals surface area contributed by atoms with E-state index in [4.69, 9.17) is 18.9 Å². The summed E-state index contributed by atoms with van der Waals surface area (Å²) in [5.41, 5.74) is 1.84. The van der Waals surface area contributed by atoms with Crippen LogP contribution in [0, 0.1) is 5.92 Å². The van der Waals surface area contributed by atoms with Crippen molar-refractivity contribution in [3.63, 3.8) is 0 Å². The summed E-state index contributed by atoms with van der Waals surface area (Å²) in [5, 5.41) is 3.08. The Bertz CT molecular complexity index is 1030. The molecule has 2 aromatic heterocycles. The highest BCUT2D eigenvalue weighted by molar-refractivity contribution is 5.85. The second-order valence-electron chi connectivity index (χ2n) is 9.08.